The number of hydrogen-bond acceptors (Lipinski definition) is 4. The summed E-state index contributed by atoms with van der Waals surface area (Å²) < 4.78 is 9.58. The van der Waals surface area contributed by atoms with Crippen LogP contribution in [-0.2, 0) is 14.3 Å². The predicted octanol–water partition coefficient (Wildman–Crippen LogP) is -0.691. The van der Waals surface area contributed by atoms with Gasteiger partial charge in [-0.25, -0.2) is 0 Å². The zero-order chi connectivity index (χ0) is 7.56. The number of hydrogen-bond donors (Lipinski definition) is 1. The Bertz CT molecular complexity index is 120. The molecule has 0 radical (unpaired) electrons. The molecule has 0 aromatic carbocycles. The molecular weight excluding hydrogens is 136 g/mol. The van der Waals surface area contributed by atoms with Crippen molar-refractivity contribution in [1.82, 2.24) is 0 Å². The maximum Gasteiger partial charge on any atom is 0.309 e. The van der Waals surface area contributed by atoms with Crippen molar-refractivity contribution in [3.8, 4) is 0 Å². The summed E-state index contributed by atoms with van der Waals surface area (Å²) in [5.41, 5.74) is 0. The van der Waals surface area contributed by atoms with Crippen molar-refractivity contribution in [2.75, 3.05) is 13.7 Å². The topological polar surface area (TPSA) is 55.8 Å². The lowest BCUT2D eigenvalue weighted by atomic mass is 10.2. The number of ether oxygens (including phenoxy) is 2. The molecule has 4 nitrogen and oxygen atoms in total. The van der Waals surface area contributed by atoms with Crippen LogP contribution in [0.15, 0.2) is 0 Å². The summed E-state index contributed by atoms with van der Waals surface area (Å²) >= 11 is 0. The van der Waals surface area contributed by atoms with Crippen molar-refractivity contribution in [2.24, 2.45) is 0 Å². The molecule has 4 heteroatoms. The molecule has 10 heavy (non-hydrogen) atoms. The molecule has 1 heterocycles. The molecule has 0 aliphatic carbocycles. The molecule has 0 unspecified atom stereocenters. The second-order valence-electron chi connectivity index (χ2n) is 2.19. The van der Waals surface area contributed by atoms with E-state index in [9.17, 15) is 4.79 Å². The standard InChI is InChI=1S/C6H10O4/c1-9-4-2-6(8)10-5(4)3-7/h4-5,7H,2-3H2,1H3/t4-,5-/m1/s1. The lowest BCUT2D eigenvalue weighted by Gasteiger charge is -2.11. The molecule has 1 saturated heterocycles. The second-order valence-corrected chi connectivity index (χ2v) is 2.19. The molecule has 0 bridgehead atoms. The molecule has 1 N–H and O–H groups in total. The van der Waals surface area contributed by atoms with Crippen LogP contribution < -0.4 is 0 Å². The smallest absolute Gasteiger partial charge is 0.309 e. The molecule has 0 spiro atoms. The summed E-state index contributed by atoms with van der Waals surface area (Å²) in [6.45, 7) is -0.162. The zero-order valence-corrected chi connectivity index (χ0v) is 5.74. The highest BCUT2D eigenvalue weighted by Crippen LogP contribution is 2.16. The van der Waals surface area contributed by atoms with Crippen molar-refractivity contribution in [1.29, 1.82) is 0 Å². The van der Waals surface area contributed by atoms with Gasteiger partial charge in [0.1, 0.15) is 6.10 Å². The van der Waals surface area contributed by atoms with E-state index in [0.717, 1.165) is 0 Å². The summed E-state index contributed by atoms with van der Waals surface area (Å²) in [4.78, 5) is 10.6. The highest BCUT2D eigenvalue weighted by molar-refractivity contribution is 5.72. The lowest BCUT2D eigenvalue weighted by Crippen LogP contribution is -2.26. The van der Waals surface area contributed by atoms with E-state index in [0.29, 0.717) is 0 Å². The van der Waals surface area contributed by atoms with E-state index < -0.39 is 6.10 Å². The quantitative estimate of drug-likeness (QED) is 0.524. The van der Waals surface area contributed by atoms with Gasteiger partial charge in [-0.05, 0) is 0 Å². The SMILES string of the molecule is CO[C@@H]1CC(=O)O[C@@H]1CO. The molecule has 0 amide bonds. The number of rotatable bonds is 2. The van der Waals surface area contributed by atoms with Crippen LogP contribution >= 0.6 is 0 Å². The minimum atomic E-state index is -0.461. The normalized spacial score (nSPS) is 32.4. The zero-order valence-electron chi connectivity index (χ0n) is 5.74. The van der Waals surface area contributed by atoms with Crippen molar-refractivity contribution >= 4 is 5.97 Å². The summed E-state index contributed by atoms with van der Waals surface area (Å²) in [7, 11) is 1.50. The van der Waals surface area contributed by atoms with Crippen molar-refractivity contribution in [2.45, 2.75) is 18.6 Å². The molecule has 2 atom stereocenters. The van der Waals surface area contributed by atoms with Gasteiger partial charge in [0.15, 0.2) is 6.10 Å². The van der Waals surface area contributed by atoms with Crippen LogP contribution in [0.4, 0.5) is 0 Å². The summed E-state index contributed by atoms with van der Waals surface area (Å²) in [6, 6.07) is 0. The summed E-state index contributed by atoms with van der Waals surface area (Å²) in [6.07, 6.45) is -0.475. The van der Waals surface area contributed by atoms with Gasteiger partial charge in [0.05, 0.1) is 13.0 Å². The maximum absolute atomic E-state index is 10.6. The Morgan fingerprint density at radius 3 is 3.00 bits per heavy atom. The molecule has 0 aromatic rings. The Balaban J connectivity index is 2.48. The number of carbonyl (C=O) groups excluding carboxylic acids is 1. The first-order valence-electron chi connectivity index (χ1n) is 3.11. The highest BCUT2D eigenvalue weighted by atomic mass is 16.6. The average molecular weight is 146 g/mol. The summed E-state index contributed by atoms with van der Waals surface area (Å²) in [5, 5.41) is 8.63. The van der Waals surface area contributed by atoms with Gasteiger partial charge in [0.2, 0.25) is 0 Å². The molecule has 1 aliphatic rings. The molecular formula is C6H10O4. The Morgan fingerprint density at radius 2 is 2.60 bits per heavy atom. The van der Waals surface area contributed by atoms with Gasteiger partial charge in [-0.3, -0.25) is 4.79 Å². The van der Waals surface area contributed by atoms with Gasteiger partial charge in [-0.1, -0.05) is 0 Å². The van der Waals surface area contributed by atoms with Crippen LogP contribution in [0.1, 0.15) is 6.42 Å². The Morgan fingerprint density at radius 1 is 1.90 bits per heavy atom. The Hall–Kier alpha value is -0.610. The number of methoxy groups -OCH3 is 1. The first kappa shape index (κ1) is 7.50. The van der Waals surface area contributed by atoms with Crippen LogP contribution in [0.2, 0.25) is 0 Å². The van der Waals surface area contributed by atoms with Gasteiger partial charge in [0.25, 0.3) is 0 Å². The van der Waals surface area contributed by atoms with Gasteiger partial charge >= 0.3 is 5.97 Å². The minimum Gasteiger partial charge on any atom is -0.457 e. The molecule has 0 aromatic heterocycles. The Kier molecular flexibility index (Phi) is 2.24. The van der Waals surface area contributed by atoms with Crippen molar-refractivity contribution in [3.05, 3.63) is 0 Å². The van der Waals surface area contributed by atoms with Gasteiger partial charge in [0, 0.05) is 7.11 Å². The molecule has 1 rings (SSSR count). The summed E-state index contributed by atoms with van der Waals surface area (Å²) in [5.74, 6) is -0.300. The van der Waals surface area contributed by atoms with E-state index in [1.165, 1.54) is 7.11 Å². The van der Waals surface area contributed by atoms with E-state index in [2.05, 4.69) is 0 Å². The number of cyclic esters (lactones) is 1. The maximum atomic E-state index is 10.6. The van der Waals surface area contributed by atoms with Gasteiger partial charge < -0.3 is 14.6 Å². The average Bonchev–Trinajstić information content (AvgIpc) is 2.30. The number of aliphatic hydroxyl groups is 1. The van der Waals surface area contributed by atoms with E-state index in [-0.39, 0.29) is 25.1 Å². The lowest BCUT2D eigenvalue weighted by molar-refractivity contribution is -0.143. The van der Waals surface area contributed by atoms with Gasteiger partial charge in [-0.2, -0.15) is 0 Å². The molecule has 1 fully saturated rings. The second kappa shape index (κ2) is 2.98. The van der Waals surface area contributed by atoms with Crippen molar-refractivity contribution < 1.29 is 19.4 Å². The van der Waals surface area contributed by atoms with E-state index in [1.54, 1.807) is 0 Å². The third-order valence-electron chi connectivity index (χ3n) is 1.55. The third kappa shape index (κ3) is 1.27. The van der Waals surface area contributed by atoms with Crippen LogP contribution in [0.25, 0.3) is 0 Å². The Labute approximate surface area is 58.7 Å². The fourth-order valence-corrected chi connectivity index (χ4v) is 0.979. The largest absolute Gasteiger partial charge is 0.457 e. The van der Waals surface area contributed by atoms with Crippen LogP contribution in [0.3, 0.4) is 0 Å². The van der Waals surface area contributed by atoms with E-state index >= 15 is 0 Å². The number of aliphatic hydroxyl groups excluding tert-OH is 1. The first-order valence-corrected chi connectivity index (χ1v) is 3.11. The third-order valence-corrected chi connectivity index (χ3v) is 1.55. The monoisotopic (exact) mass is 146 g/mol. The highest BCUT2D eigenvalue weighted by Gasteiger charge is 2.33. The van der Waals surface area contributed by atoms with Gasteiger partial charge in [-0.15, -0.1) is 0 Å². The number of esters is 1. The first-order chi connectivity index (χ1) is 4.77. The minimum absolute atomic E-state index is 0.162. The fraction of sp³-hybridized carbons (Fsp3) is 0.833. The van der Waals surface area contributed by atoms with Crippen LogP contribution in [-0.4, -0.2) is 37.0 Å². The van der Waals surface area contributed by atoms with E-state index in [1.807, 2.05) is 0 Å². The molecule has 0 saturated carbocycles. The number of carbonyl (C=O) groups is 1. The molecule has 1 aliphatic heterocycles. The van der Waals surface area contributed by atoms with Crippen molar-refractivity contribution in [3.63, 3.8) is 0 Å². The predicted molar refractivity (Wildman–Crippen MR) is 32.4 cm³/mol. The van der Waals surface area contributed by atoms with Crippen LogP contribution in [0.5, 0.6) is 0 Å². The fourth-order valence-electron chi connectivity index (χ4n) is 0.979. The van der Waals surface area contributed by atoms with Crippen LogP contribution in [0, 0.1) is 0 Å². The van der Waals surface area contributed by atoms with E-state index in [4.69, 9.17) is 14.6 Å². The molecule has 58 valence electrons.